The molecule has 6 heteroatoms. The Bertz CT molecular complexity index is 1090. The van der Waals surface area contributed by atoms with Crippen LogP contribution in [0.3, 0.4) is 0 Å². The minimum Gasteiger partial charge on any atom is -0.436 e. The largest absolute Gasteiger partial charge is 0.436 e. The zero-order valence-electron chi connectivity index (χ0n) is 10.1. The van der Waals surface area contributed by atoms with Crippen LogP contribution >= 0.6 is 0 Å². The number of benzene rings is 2. The maximum absolute atomic E-state index is 11.6. The van der Waals surface area contributed by atoms with Crippen molar-refractivity contribution in [3.63, 3.8) is 0 Å². The lowest BCUT2D eigenvalue weighted by atomic mass is 10.1. The van der Waals surface area contributed by atoms with E-state index in [4.69, 9.17) is 9.05 Å². The zero-order valence-corrected chi connectivity index (χ0v) is 10.1. The number of aromatic amines is 2. The van der Waals surface area contributed by atoms with Crippen LogP contribution in [-0.2, 0) is 0 Å². The first kappa shape index (κ1) is 10.9. The number of hydrogen-bond donors (Lipinski definition) is 2. The summed E-state index contributed by atoms with van der Waals surface area (Å²) in [7, 11) is 0. The van der Waals surface area contributed by atoms with Crippen molar-refractivity contribution >= 4 is 33.0 Å². The Morgan fingerprint density at radius 3 is 2.40 bits per heavy atom. The molecule has 4 rings (SSSR count). The predicted molar refractivity (Wildman–Crippen MR) is 73.5 cm³/mol. The summed E-state index contributed by atoms with van der Waals surface area (Å²) < 4.78 is 10.6. The highest BCUT2D eigenvalue weighted by Gasteiger charge is 2.09. The van der Waals surface area contributed by atoms with Gasteiger partial charge in [-0.05, 0) is 35.7 Å². The maximum atomic E-state index is 11.6. The first-order chi connectivity index (χ1) is 9.72. The molecule has 0 spiro atoms. The van der Waals surface area contributed by atoms with E-state index >= 15 is 0 Å². The summed E-state index contributed by atoms with van der Waals surface area (Å²) in [6, 6.07) is 9.23. The number of nitrogens with one attached hydrogen (secondary N) is 2. The van der Waals surface area contributed by atoms with Gasteiger partial charge in [0.1, 0.15) is 11.1 Å². The van der Waals surface area contributed by atoms with Gasteiger partial charge >= 0.3 is 0 Å². The lowest BCUT2D eigenvalue weighted by molar-refractivity contribution is 0.310. The summed E-state index contributed by atoms with van der Waals surface area (Å²) in [5.41, 5.74) is 1.000. The predicted octanol–water partition coefficient (Wildman–Crippen LogP) is 2.27. The van der Waals surface area contributed by atoms with E-state index < -0.39 is 0 Å². The van der Waals surface area contributed by atoms with E-state index in [1.54, 1.807) is 12.1 Å². The molecule has 0 unspecified atom stereocenters. The zero-order chi connectivity index (χ0) is 13.7. The van der Waals surface area contributed by atoms with Gasteiger partial charge in [0.05, 0.1) is 0 Å². The fraction of sp³-hybridized carbons (Fsp3) is 0. The molecule has 0 amide bonds. The normalized spacial score (nSPS) is 11.4. The van der Waals surface area contributed by atoms with E-state index in [2.05, 4.69) is 10.3 Å². The van der Waals surface area contributed by atoms with E-state index in [0.717, 1.165) is 10.8 Å². The first-order valence-corrected chi connectivity index (χ1v) is 5.95. The highest BCUT2D eigenvalue weighted by molar-refractivity contribution is 6.11. The van der Waals surface area contributed by atoms with Gasteiger partial charge in [0, 0.05) is 16.8 Å². The fourth-order valence-electron chi connectivity index (χ4n) is 2.35. The van der Waals surface area contributed by atoms with Crippen LogP contribution in [0, 0.1) is 0 Å². The summed E-state index contributed by atoms with van der Waals surface area (Å²) in [5, 5.41) is 7.42. The van der Waals surface area contributed by atoms with Crippen molar-refractivity contribution in [2.75, 3.05) is 0 Å². The smallest absolute Gasteiger partial charge is 0.256 e. The molecule has 2 N–H and O–H groups in total. The molecule has 0 aliphatic carbocycles. The van der Waals surface area contributed by atoms with Crippen molar-refractivity contribution in [1.82, 2.24) is 10.3 Å². The van der Waals surface area contributed by atoms with E-state index in [1.165, 1.54) is 24.3 Å². The summed E-state index contributed by atoms with van der Waals surface area (Å²) in [6.45, 7) is 0. The Balaban J connectivity index is 2.47. The Labute approximate surface area is 110 Å². The molecular formula is C14H8N2O4. The van der Waals surface area contributed by atoms with Crippen LogP contribution in [0.1, 0.15) is 0 Å². The standard InChI is InChI=1S/C14H8N2O4/c17-7-1-3-9-10-4-2-8(18)6-12(10)19-14-13(11(9)5-7)15-20-16-14/h1-6,15-16H. The third-order valence-electron chi connectivity index (χ3n) is 3.24. The number of rotatable bonds is 0. The molecule has 0 aliphatic heterocycles. The van der Waals surface area contributed by atoms with Gasteiger partial charge < -0.3 is 4.42 Å². The minimum atomic E-state index is -0.151. The van der Waals surface area contributed by atoms with Crippen molar-refractivity contribution in [2.24, 2.45) is 0 Å². The quantitative estimate of drug-likeness (QED) is 0.511. The SMILES string of the molecule is O=c1ccc2c(c1)oc1[nH]o[nH]c1c1cc(=O)ccc21. The molecule has 0 aliphatic rings. The van der Waals surface area contributed by atoms with Crippen LogP contribution in [0.4, 0.5) is 0 Å². The Hall–Kier alpha value is -3.02. The average molecular weight is 268 g/mol. The van der Waals surface area contributed by atoms with Crippen LogP contribution in [0.15, 0.2) is 55.0 Å². The number of H-pyrrole nitrogens is 2. The molecule has 4 aromatic rings. The van der Waals surface area contributed by atoms with Gasteiger partial charge in [0.2, 0.25) is 0 Å². The first-order valence-electron chi connectivity index (χ1n) is 5.95. The van der Waals surface area contributed by atoms with E-state index in [-0.39, 0.29) is 10.9 Å². The summed E-state index contributed by atoms with van der Waals surface area (Å²) in [5.74, 6) is 0. The molecule has 0 radical (unpaired) electrons. The van der Waals surface area contributed by atoms with Gasteiger partial charge in [-0.1, -0.05) is 0 Å². The van der Waals surface area contributed by atoms with Crippen LogP contribution in [0.5, 0.6) is 0 Å². The van der Waals surface area contributed by atoms with E-state index in [9.17, 15) is 9.59 Å². The lowest BCUT2D eigenvalue weighted by Gasteiger charge is -1.94. The van der Waals surface area contributed by atoms with Gasteiger partial charge in [-0.2, -0.15) is 10.3 Å². The molecule has 0 saturated carbocycles. The summed E-state index contributed by atoms with van der Waals surface area (Å²) in [4.78, 5) is 23.1. The number of fused-ring (bicyclic) bond motifs is 5. The third-order valence-corrected chi connectivity index (χ3v) is 3.24. The third kappa shape index (κ3) is 1.45. The fourth-order valence-corrected chi connectivity index (χ4v) is 2.35. The van der Waals surface area contributed by atoms with Crippen molar-refractivity contribution in [2.45, 2.75) is 0 Å². The van der Waals surface area contributed by atoms with Crippen LogP contribution in [-0.4, -0.2) is 10.3 Å². The lowest BCUT2D eigenvalue weighted by Crippen LogP contribution is -1.95. The second-order valence-electron chi connectivity index (χ2n) is 4.48. The van der Waals surface area contributed by atoms with Crippen molar-refractivity contribution in [3.8, 4) is 0 Å². The average Bonchev–Trinajstić information content (AvgIpc) is 2.83. The minimum absolute atomic E-state index is 0.117. The molecular weight excluding hydrogens is 260 g/mol. The summed E-state index contributed by atoms with van der Waals surface area (Å²) in [6.07, 6.45) is 0. The monoisotopic (exact) mass is 268 g/mol. The van der Waals surface area contributed by atoms with Gasteiger partial charge in [0.25, 0.3) is 5.71 Å². The number of aromatic nitrogens is 2. The van der Waals surface area contributed by atoms with Crippen molar-refractivity contribution < 1.29 is 9.05 Å². The molecule has 2 aromatic heterocycles. The van der Waals surface area contributed by atoms with Gasteiger partial charge in [-0.3, -0.25) is 14.2 Å². The van der Waals surface area contributed by atoms with Crippen LogP contribution in [0.25, 0.3) is 33.0 Å². The highest BCUT2D eigenvalue weighted by Crippen LogP contribution is 2.27. The van der Waals surface area contributed by atoms with Crippen LogP contribution in [0.2, 0.25) is 0 Å². The maximum Gasteiger partial charge on any atom is 0.256 e. The van der Waals surface area contributed by atoms with Gasteiger partial charge in [-0.15, -0.1) is 0 Å². The second-order valence-corrected chi connectivity index (χ2v) is 4.48. The van der Waals surface area contributed by atoms with E-state index in [0.29, 0.717) is 22.2 Å². The Morgan fingerprint density at radius 2 is 1.55 bits per heavy atom. The molecule has 0 fully saturated rings. The molecule has 2 heterocycles. The van der Waals surface area contributed by atoms with Crippen molar-refractivity contribution in [1.29, 1.82) is 0 Å². The molecule has 20 heavy (non-hydrogen) atoms. The molecule has 0 saturated heterocycles. The highest BCUT2D eigenvalue weighted by atomic mass is 16.6. The van der Waals surface area contributed by atoms with Gasteiger partial charge in [0.15, 0.2) is 10.9 Å². The second kappa shape index (κ2) is 3.74. The van der Waals surface area contributed by atoms with Crippen molar-refractivity contribution in [3.05, 3.63) is 56.8 Å². The topological polar surface area (TPSA) is 92.0 Å². The Morgan fingerprint density at radius 1 is 0.800 bits per heavy atom. The molecule has 0 atom stereocenters. The Kier molecular flexibility index (Phi) is 2.03. The van der Waals surface area contributed by atoms with E-state index in [1.807, 2.05) is 0 Å². The molecule has 0 bridgehead atoms. The molecule has 2 aromatic carbocycles. The number of hydrogen-bond acceptors (Lipinski definition) is 4. The van der Waals surface area contributed by atoms with Crippen LogP contribution < -0.4 is 10.9 Å². The van der Waals surface area contributed by atoms with Gasteiger partial charge in [-0.25, -0.2) is 0 Å². The summed E-state index contributed by atoms with van der Waals surface area (Å²) >= 11 is 0. The molecule has 6 nitrogen and oxygen atoms in total. The molecule has 98 valence electrons.